The molecule has 0 aromatic carbocycles. The number of hydrogen-bond acceptors (Lipinski definition) is 2. The number of aliphatic hydroxyl groups is 1. The number of fused-ring (bicyclic) bond motifs is 2. The molecular formula is C8H12O2. The van der Waals surface area contributed by atoms with E-state index in [1.54, 1.807) is 0 Å². The van der Waals surface area contributed by atoms with Crippen LogP contribution in [0.15, 0.2) is 11.5 Å². The van der Waals surface area contributed by atoms with E-state index in [1.807, 2.05) is 13.8 Å². The molecule has 0 radical (unpaired) electrons. The Bertz CT molecular complexity index is 203. The van der Waals surface area contributed by atoms with Gasteiger partial charge in [0.2, 0.25) is 0 Å². The van der Waals surface area contributed by atoms with Crippen molar-refractivity contribution in [3.05, 3.63) is 11.5 Å². The van der Waals surface area contributed by atoms with E-state index >= 15 is 0 Å². The first-order chi connectivity index (χ1) is 4.62. The van der Waals surface area contributed by atoms with Gasteiger partial charge in [-0.3, -0.25) is 0 Å². The summed E-state index contributed by atoms with van der Waals surface area (Å²) in [6.07, 6.45) is 2.24. The van der Waals surface area contributed by atoms with Gasteiger partial charge < -0.3 is 9.84 Å². The van der Waals surface area contributed by atoms with Gasteiger partial charge >= 0.3 is 0 Å². The molecule has 1 unspecified atom stereocenters. The maximum atomic E-state index is 9.50. The number of rotatable bonds is 0. The van der Waals surface area contributed by atoms with E-state index in [9.17, 15) is 5.11 Å². The Morgan fingerprint density at radius 1 is 1.60 bits per heavy atom. The molecule has 2 nitrogen and oxygen atoms in total. The second kappa shape index (κ2) is 1.49. The van der Waals surface area contributed by atoms with Gasteiger partial charge in [-0.2, -0.15) is 0 Å². The molecule has 0 aliphatic carbocycles. The fraction of sp³-hybridized carbons (Fsp3) is 0.750. The average Bonchev–Trinajstić information content (AvgIpc) is 2.37. The van der Waals surface area contributed by atoms with Crippen LogP contribution in [0.4, 0.5) is 0 Å². The zero-order valence-corrected chi connectivity index (χ0v) is 6.35. The van der Waals surface area contributed by atoms with E-state index < -0.39 is 0 Å². The highest BCUT2D eigenvalue weighted by molar-refractivity contribution is 5.22. The molecule has 1 atom stereocenters. The quantitative estimate of drug-likeness (QED) is 0.557. The molecular weight excluding hydrogens is 128 g/mol. The van der Waals surface area contributed by atoms with Crippen molar-refractivity contribution in [3.8, 4) is 0 Å². The Morgan fingerprint density at radius 2 is 2.30 bits per heavy atom. The van der Waals surface area contributed by atoms with E-state index in [2.05, 4.69) is 0 Å². The Labute approximate surface area is 60.5 Å². The number of ether oxygens (including phenoxy) is 1. The Hall–Kier alpha value is -0.660. The maximum Gasteiger partial charge on any atom is 0.139 e. The van der Waals surface area contributed by atoms with Crippen molar-refractivity contribution < 1.29 is 9.84 Å². The van der Waals surface area contributed by atoms with Crippen molar-refractivity contribution in [1.82, 2.24) is 0 Å². The lowest BCUT2D eigenvalue weighted by Gasteiger charge is -2.24. The highest BCUT2D eigenvalue weighted by atomic mass is 16.5. The molecule has 56 valence electrons. The van der Waals surface area contributed by atoms with Crippen LogP contribution < -0.4 is 0 Å². The van der Waals surface area contributed by atoms with Gasteiger partial charge in [-0.15, -0.1) is 0 Å². The zero-order valence-electron chi connectivity index (χ0n) is 6.35. The third-order valence-corrected chi connectivity index (χ3v) is 2.60. The van der Waals surface area contributed by atoms with Crippen molar-refractivity contribution >= 4 is 0 Å². The third kappa shape index (κ3) is 0.498. The van der Waals surface area contributed by atoms with Crippen LogP contribution in [0.3, 0.4) is 0 Å². The summed E-state index contributed by atoms with van der Waals surface area (Å²) in [6.45, 7) is 4.05. The minimum absolute atomic E-state index is 0.117. The Balaban J connectivity index is 2.44. The first kappa shape index (κ1) is 6.08. The minimum atomic E-state index is -0.117. The van der Waals surface area contributed by atoms with Crippen LogP contribution >= 0.6 is 0 Å². The van der Waals surface area contributed by atoms with Gasteiger partial charge in [-0.05, 0) is 20.3 Å². The largest absolute Gasteiger partial charge is 0.508 e. The first-order valence-corrected chi connectivity index (χ1v) is 3.71. The second-order valence-electron chi connectivity index (χ2n) is 3.64. The fourth-order valence-electron chi connectivity index (χ4n) is 1.75. The summed E-state index contributed by atoms with van der Waals surface area (Å²) in [4.78, 5) is 0. The van der Waals surface area contributed by atoms with E-state index in [-0.39, 0.29) is 11.5 Å². The molecule has 0 aromatic rings. The summed E-state index contributed by atoms with van der Waals surface area (Å²) in [5.74, 6) is 1.30. The second-order valence-corrected chi connectivity index (χ2v) is 3.64. The van der Waals surface area contributed by atoms with Crippen molar-refractivity contribution in [3.63, 3.8) is 0 Å². The maximum absolute atomic E-state index is 9.50. The smallest absolute Gasteiger partial charge is 0.139 e. The van der Waals surface area contributed by atoms with Gasteiger partial charge in [-0.25, -0.2) is 0 Å². The molecule has 0 spiro atoms. The van der Waals surface area contributed by atoms with Gasteiger partial charge in [0.1, 0.15) is 17.6 Å². The molecule has 2 aliphatic rings. The van der Waals surface area contributed by atoms with Crippen LogP contribution in [0.1, 0.15) is 26.7 Å². The Kier molecular flexibility index (Phi) is 0.908. The van der Waals surface area contributed by atoms with Crippen molar-refractivity contribution in [2.75, 3.05) is 0 Å². The molecule has 2 heteroatoms. The number of allylic oxidation sites excluding steroid dienone is 1. The van der Waals surface area contributed by atoms with Crippen LogP contribution in [0, 0.1) is 5.41 Å². The van der Waals surface area contributed by atoms with Crippen LogP contribution in [0.2, 0.25) is 0 Å². The van der Waals surface area contributed by atoms with Gasteiger partial charge in [-0.1, -0.05) is 0 Å². The SMILES string of the molecule is CC1(C)C(O)=C2CCC1O2. The highest BCUT2D eigenvalue weighted by Gasteiger charge is 2.47. The van der Waals surface area contributed by atoms with Crippen LogP contribution in [0.5, 0.6) is 0 Å². The molecule has 10 heavy (non-hydrogen) atoms. The van der Waals surface area contributed by atoms with Gasteiger partial charge in [0.25, 0.3) is 0 Å². The summed E-state index contributed by atoms with van der Waals surface area (Å²) in [5.41, 5.74) is -0.117. The summed E-state index contributed by atoms with van der Waals surface area (Å²) in [5, 5.41) is 9.50. The normalized spacial score (nSPS) is 34.8. The molecule has 1 fully saturated rings. The first-order valence-electron chi connectivity index (χ1n) is 3.71. The number of hydrogen-bond donors (Lipinski definition) is 1. The summed E-state index contributed by atoms with van der Waals surface area (Å²) in [6, 6.07) is 0. The lowest BCUT2D eigenvalue weighted by Crippen LogP contribution is -2.27. The van der Waals surface area contributed by atoms with Gasteiger partial charge in [0.05, 0.1) is 5.41 Å². The van der Waals surface area contributed by atoms with Crippen molar-refractivity contribution in [2.24, 2.45) is 5.41 Å². The lowest BCUT2D eigenvalue weighted by atomic mass is 9.80. The predicted octanol–water partition coefficient (Wildman–Crippen LogP) is 1.97. The van der Waals surface area contributed by atoms with Crippen molar-refractivity contribution in [2.45, 2.75) is 32.8 Å². The summed E-state index contributed by atoms with van der Waals surface area (Å²) < 4.78 is 5.43. The highest BCUT2D eigenvalue weighted by Crippen LogP contribution is 2.48. The van der Waals surface area contributed by atoms with E-state index in [4.69, 9.17) is 4.74 Å². The molecule has 0 saturated carbocycles. The third-order valence-electron chi connectivity index (χ3n) is 2.60. The van der Waals surface area contributed by atoms with Gasteiger partial charge in [0.15, 0.2) is 0 Å². The molecule has 0 aromatic heterocycles. The molecule has 0 amide bonds. The van der Waals surface area contributed by atoms with Crippen molar-refractivity contribution in [1.29, 1.82) is 0 Å². The molecule has 2 rings (SSSR count). The van der Waals surface area contributed by atoms with Crippen LogP contribution in [-0.2, 0) is 4.74 Å². The van der Waals surface area contributed by atoms with Crippen LogP contribution in [0.25, 0.3) is 0 Å². The van der Waals surface area contributed by atoms with Crippen LogP contribution in [-0.4, -0.2) is 11.2 Å². The molecule has 2 aliphatic heterocycles. The van der Waals surface area contributed by atoms with E-state index in [1.165, 1.54) is 0 Å². The monoisotopic (exact) mass is 140 g/mol. The standard InChI is InChI=1S/C8H12O2/c1-8(2)6-4-3-5(10-6)7(8)9/h6,9H,3-4H2,1-2H3. The molecule has 1 N–H and O–H groups in total. The Morgan fingerprint density at radius 3 is 2.60 bits per heavy atom. The number of aliphatic hydroxyl groups excluding tert-OH is 1. The minimum Gasteiger partial charge on any atom is -0.508 e. The lowest BCUT2D eigenvalue weighted by molar-refractivity contribution is 0.0968. The van der Waals surface area contributed by atoms with Gasteiger partial charge in [0, 0.05) is 6.42 Å². The summed E-state index contributed by atoms with van der Waals surface area (Å²) in [7, 11) is 0. The van der Waals surface area contributed by atoms with E-state index in [0.29, 0.717) is 5.76 Å². The topological polar surface area (TPSA) is 29.5 Å². The summed E-state index contributed by atoms with van der Waals surface area (Å²) >= 11 is 0. The molecule has 2 bridgehead atoms. The average molecular weight is 140 g/mol. The molecule has 1 saturated heterocycles. The molecule has 2 heterocycles. The predicted molar refractivity (Wildman–Crippen MR) is 37.5 cm³/mol. The van der Waals surface area contributed by atoms with E-state index in [0.717, 1.165) is 18.6 Å². The fourth-order valence-corrected chi connectivity index (χ4v) is 1.75. The zero-order chi connectivity index (χ0) is 7.35.